The van der Waals surface area contributed by atoms with Gasteiger partial charge in [0.05, 0.1) is 0 Å². The van der Waals surface area contributed by atoms with Crippen LogP contribution in [0.1, 0.15) is 33.8 Å². The van der Waals surface area contributed by atoms with E-state index in [4.69, 9.17) is 0 Å². The number of benzene rings is 2. The van der Waals surface area contributed by atoms with Gasteiger partial charge in [-0.3, -0.25) is 14.5 Å². The predicted octanol–water partition coefficient (Wildman–Crippen LogP) is 4.76. The van der Waals surface area contributed by atoms with Crippen molar-refractivity contribution < 1.29 is 9.59 Å². The highest BCUT2D eigenvalue weighted by Crippen LogP contribution is 2.25. The molecule has 3 aromatic rings. The van der Waals surface area contributed by atoms with E-state index in [1.807, 2.05) is 53.7 Å². The van der Waals surface area contributed by atoms with Crippen molar-refractivity contribution in [3.63, 3.8) is 0 Å². The fraction of sp³-hybridized carbons (Fsp3) is 0.182. The molecule has 0 fully saturated rings. The molecule has 1 heterocycles. The van der Waals surface area contributed by atoms with Gasteiger partial charge < -0.3 is 5.32 Å². The molecule has 0 aliphatic rings. The van der Waals surface area contributed by atoms with Crippen molar-refractivity contribution in [2.45, 2.75) is 19.5 Å². The monoisotopic (exact) mass is 378 g/mol. The molecule has 0 bridgehead atoms. The summed E-state index contributed by atoms with van der Waals surface area (Å²) in [5, 5.41) is 5.00. The molecule has 1 N–H and O–H groups in total. The van der Waals surface area contributed by atoms with Crippen LogP contribution >= 0.6 is 11.3 Å². The number of nitrogens with zero attached hydrogens (tertiary/aromatic N) is 1. The largest absolute Gasteiger partial charge is 0.324 e. The number of likely N-dealkylation sites (N-methyl/N-ethyl adjacent to an activating group) is 1. The van der Waals surface area contributed by atoms with Crippen molar-refractivity contribution in [1.29, 1.82) is 0 Å². The van der Waals surface area contributed by atoms with Crippen LogP contribution in [0.4, 0.5) is 5.69 Å². The lowest BCUT2D eigenvalue weighted by Gasteiger charge is -2.27. The summed E-state index contributed by atoms with van der Waals surface area (Å²) >= 11 is 1.67. The zero-order chi connectivity index (χ0) is 19.2. The lowest BCUT2D eigenvalue weighted by molar-refractivity contribution is -0.121. The molecular weight excluding hydrogens is 356 g/mol. The Morgan fingerprint density at radius 2 is 1.81 bits per heavy atom. The van der Waals surface area contributed by atoms with Gasteiger partial charge in [-0.15, -0.1) is 11.3 Å². The first-order chi connectivity index (χ1) is 13.0. The van der Waals surface area contributed by atoms with Gasteiger partial charge in [0, 0.05) is 22.7 Å². The van der Waals surface area contributed by atoms with E-state index in [0.717, 1.165) is 5.56 Å². The molecule has 0 spiro atoms. The van der Waals surface area contributed by atoms with Crippen LogP contribution in [0.3, 0.4) is 0 Å². The molecule has 1 amide bonds. The summed E-state index contributed by atoms with van der Waals surface area (Å²) in [6.07, 6.45) is 0. The first-order valence-electron chi connectivity index (χ1n) is 8.74. The van der Waals surface area contributed by atoms with Gasteiger partial charge in [-0.25, -0.2) is 0 Å². The normalized spacial score (nSPS) is 12.0. The third-order valence-corrected chi connectivity index (χ3v) is 5.19. The number of anilines is 1. The second-order valence-corrected chi connectivity index (χ2v) is 7.47. The van der Waals surface area contributed by atoms with E-state index in [2.05, 4.69) is 11.4 Å². The first-order valence-corrected chi connectivity index (χ1v) is 9.62. The van der Waals surface area contributed by atoms with Crippen molar-refractivity contribution in [2.75, 3.05) is 12.4 Å². The average molecular weight is 378 g/mol. The standard InChI is InChI=1S/C22H22N2O2S/c1-16(25)18-10-6-11-19(14-18)23-22(26)21(17-8-4-3-5-9-17)24(2)15-20-12-7-13-27-20/h3-14,21H,15H2,1-2H3,(H,23,26)/t21-/m1/s1. The number of carbonyl (C=O) groups excluding carboxylic acids is 2. The summed E-state index contributed by atoms with van der Waals surface area (Å²) in [5.41, 5.74) is 2.13. The molecule has 138 valence electrons. The van der Waals surface area contributed by atoms with Gasteiger partial charge in [-0.05, 0) is 43.1 Å². The van der Waals surface area contributed by atoms with E-state index >= 15 is 0 Å². The third kappa shape index (κ3) is 4.90. The van der Waals surface area contributed by atoms with Crippen LogP contribution in [0, 0.1) is 0 Å². The Kier molecular flexibility index (Phi) is 6.16. The van der Waals surface area contributed by atoms with E-state index in [1.165, 1.54) is 11.8 Å². The molecule has 5 heteroatoms. The van der Waals surface area contributed by atoms with Crippen LogP contribution in [-0.2, 0) is 11.3 Å². The van der Waals surface area contributed by atoms with E-state index in [1.54, 1.807) is 35.6 Å². The van der Waals surface area contributed by atoms with Gasteiger partial charge in [-0.2, -0.15) is 0 Å². The quantitative estimate of drug-likeness (QED) is 0.603. The number of rotatable bonds is 7. The highest BCUT2D eigenvalue weighted by Gasteiger charge is 2.25. The Morgan fingerprint density at radius 1 is 1.04 bits per heavy atom. The van der Waals surface area contributed by atoms with Crippen LogP contribution in [-0.4, -0.2) is 23.6 Å². The molecule has 0 saturated heterocycles. The van der Waals surface area contributed by atoms with Gasteiger partial charge in [0.25, 0.3) is 0 Å². The summed E-state index contributed by atoms with van der Waals surface area (Å²) in [7, 11) is 1.95. The summed E-state index contributed by atoms with van der Waals surface area (Å²) in [4.78, 5) is 28.0. The van der Waals surface area contributed by atoms with Gasteiger partial charge in [-0.1, -0.05) is 48.5 Å². The summed E-state index contributed by atoms with van der Waals surface area (Å²) in [6, 6.07) is 20.4. The molecule has 2 aromatic carbocycles. The van der Waals surface area contributed by atoms with E-state index < -0.39 is 6.04 Å². The highest BCUT2D eigenvalue weighted by molar-refractivity contribution is 7.09. The molecule has 4 nitrogen and oxygen atoms in total. The van der Waals surface area contributed by atoms with Crippen LogP contribution in [0.2, 0.25) is 0 Å². The fourth-order valence-corrected chi connectivity index (χ4v) is 3.77. The third-order valence-electron chi connectivity index (χ3n) is 4.33. The zero-order valence-corrected chi connectivity index (χ0v) is 16.2. The fourth-order valence-electron chi connectivity index (χ4n) is 3.01. The van der Waals surface area contributed by atoms with Crippen molar-refractivity contribution >= 4 is 28.7 Å². The van der Waals surface area contributed by atoms with Gasteiger partial charge in [0.15, 0.2) is 5.78 Å². The number of amides is 1. The predicted molar refractivity (Wildman–Crippen MR) is 110 cm³/mol. The Bertz CT molecular complexity index is 907. The molecule has 1 atom stereocenters. The van der Waals surface area contributed by atoms with E-state index in [9.17, 15) is 9.59 Å². The highest BCUT2D eigenvalue weighted by atomic mass is 32.1. The van der Waals surface area contributed by atoms with Crippen LogP contribution in [0.5, 0.6) is 0 Å². The maximum absolute atomic E-state index is 13.1. The lowest BCUT2D eigenvalue weighted by Crippen LogP contribution is -2.34. The molecule has 27 heavy (non-hydrogen) atoms. The molecule has 0 aliphatic heterocycles. The first kappa shape index (κ1) is 19.0. The number of thiophene rings is 1. The number of hydrogen-bond acceptors (Lipinski definition) is 4. The SMILES string of the molecule is CC(=O)c1cccc(NC(=O)[C@@H](c2ccccc2)N(C)Cc2cccs2)c1. The molecule has 1 aromatic heterocycles. The van der Waals surface area contributed by atoms with Crippen molar-refractivity contribution in [3.8, 4) is 0 Å². The number of nitrogens with one attached hydrogen (secondary N) is 1. The van der Waals surface area contributed by atoms with E-state index in [-0.39, 0.29) is 11.7 Å². The Hall–Kier alpha value is -2.76. The number of ketones is 1. The second-order valence-electron chi connectivity index (χ2n) is 6.43. The van der Waals surface area contributed by atoms with Gasteiger partial charge >= 0.3 is 0 Å². The minimum absolute atomic E-state index is 0.0273. The minimum Gasteiger partial charge on any atom is -0.324 e. The number of hydrogen-bond donors (Lipinski definition) is 1. The summed E-state index contributed by atoms with van der Waals surface area (Å²) in [5.74, 6) is -0.151. The van der Waals surface area contributed by atoms with Crippen LogP contribution in [0.15, 0.2) is 72.1 Å². The van der Waals surface area contributed by atoms with Crippen molar-refractivity contribution in [3.05, 3.63) is 88.1 Å². The maximum atomic E-state index is 13.1. The summed E-state index contributed by atoms with van der Waals surface area (Å²) in [6.45, 7) is 2.20. The minimum atomic E-state index is -0.436. The Balaban J connectivity index is 1.84. The molecule has 0 saturated carbocycles. The van der Waals surface area contributed by atoms with Crippen LogP contribution < -0.4 is 5.32 Å². The smallest absolute Gasteiger partial charge is 0.246 e. The molecule has 0 aliphatic carbocycles. The zero-order valence-electron chi connectivity index (χ0n) is 15.4. The Labute approximate surface area is 163 Å². The number of Topliss-reactive ketones (excluding diaryl/α,β-unsaturated/α-hetero) is 1. The van der Waals surface area contributed by atoms with Gasteiger partial charge in [0.2, 0.25) is 5.91 Å². The topological polar surface area (TPSA) is 49.4 Å². The molecular formula is C22H22N2O2S. The number of carbonyl (C=O) groups is 2. The average Bonchev–Trinajstić information content (AvgIpc) is 3.16. The van der Waals surface area contributed by atoms with Crippen LogP contribution in [0.25, 0.3) is 0 Å². The molecule has 0 unspecified atom stereocenters. The van der Waals surface area contributed by atoms with E-state index in [0.29, 0.717) is 17.8 Å². The van der Waals surface area contributed by atoms with Gasteiger partial charge in [0.1, 0.15) is 6.04 Å². The Morgan fingerprint density at radius 3 is 2.48 bits per heavy atom. The molecule has 0 radical (unpaired) electrons. The molecule has 3 rings (SSSR count). The second kappa shape index (κ2) is 8.75. The lowest BCUT2D eigenvalue weighted by atomic mass is 10.0. The van der Waals surface area contributed by atoms with Crippen molar-refractivity contribution in [2.24, 2.45) is 0 Å². The van der Waals surface area contributed by atoms with Crippen molar-refractivity contribution in [1.82, 2.24) is 4.90 Å². The summed E-state index contributed by atoms with van der Waals surface area (Å²) < 4.78 is 0. The maximum Gasteiger partial charge on any atom is 0.246 e.